The van der Waals surface area contributed by atoms with Gasteiger partial charge in [0.2, 0.25) is 0 Å². The van der Waals surface area contributed by atoms with Crippen LogP contribution in [0, 0.1) is 0 Å². The van der Waals surface area contributed by atoms with Crippen molar-refractivity contribution < 1.29 is 4.79 Å². The fourth-order valence-electron chi connectivity index (χ4n) is 4.02. The Bertz CT molecular complexity index is 741. The molecule has 102 valence electrons. The van der Waals surface area contributed by atoms with Gasteiger partial charge in [0.05, 0.1) is 6.04 Å². The minimum atomic E-state index is 0.240. The van der Waals surface area contributed by atoms with Crippen molar-refractivity contribution in [1.82, 2.24) is 9.47 Å². The van der Waals surface area contributed by atoms with E-state index in [-0.39, 0.29) is 6.04 Å². The molecule has 3 heteroatoms. The molecule has 3 heterocycles. The number of para-hydroxylation sites is 1. The van der Waals surface area contributed by atoms with Crippen LogP contribution in [0.3, 0.4) is 0 Å². The topological polar surface area (TPSA) is 25.2 Å². The van der Waals surface area contributed by atoms with Gasteiger partial charge in [0.1, 0.15) is 6.29 Å². The van der Waals surface area contributed by atoms with Crippen LogP contribution in [-0.4, -0.2) is 28.8 Å². The van der Waals surface area contributed by atoms with Crippen molar-refractivity contribution in [3.05, 3.63) is 47.2 Å². The summed E-state index contributed by atoms with van der Waals surface area (Å²) in [7, 11) is 4.31. The predicted molar refractivity (Wildman–Crippen MR) is 79.7 cm³/mol. The molecule has 3 nitrogen and oxygen atoms in total. The van der Waals surface area contributed by atoms with Gasteiger partial charge in [0.25, 0.3) is 0 Å². The van der Waals surface area contributed by atoms with E-state index in [4.69, 9.17) is 0 Å². The summed E-state index contributed by atoms with van der Waals surface area (Å²) >= 11 is 0. The first-order valence-corrected chi connectivity index (χ1v) is 7.15. The Balaban J connectivity index is 1.99. The first kappa shape index (κ1) is 11.9. The van der Waals surface area contributed by atoms with E-state index in [9.17, 15) is 4.79 Å². The summed E-state index contributed by atoms with van der Waals surface area (Å²) in [4.78, 5) is 13.7. The number of aryl methyl sites for hydroxylation is 1. The van der Waals surface area contributed by atoms with Crippen molar-refractivity contribution in [3.63, 3.8) is 0 Å². The molecular weight excluding hydrogens is 248 g/mol. The van der Waals surface area contributed by atoms with Crippen LogP contribution >= 0.6 is 0 Å². The van der Waals surface area contributed by atoms with Gasteiger partial charge in [-0.15, -0.1) is 0 Å². The van der Waals surface area contributed by atoms with Gasteiger partial charge < -0.3 is 4.57 Å². The molecule has 2 aromatic rings. The maximum absolute atomic E-state index is 11.3. The van der Waals surface area contributed by atoms with E-state index in [0.29, 0.717) is 6.04 Å². The van der Waals surface area contributed by atoms with E-state index in [0.717, 1.165) is 24.7 Å². The SMILES string of the molecule is CN1[C@H]2Cc3c(n(C)c4ccccc34)[C@@H]1CC=C2C=O. The van der Waals surface area contributed by atoms with Crippen LogP contribution in [0.25, 0.3) is 10.9 Å². The molecule has 0 amide bonds. The number of fused-ring (bicyclic) bond motifs is 6. The van der Waals surface area contributed by atoms with E-state index in [1.807, 2.05) is 0 Å². The van der Waals surface area contributed by atoms with Gasteiger partial charge in [0, 0.05) is 35.3 Å². The Morgan fingerprint density at radius 3 is 2.80 bits per heavy atom. The number of carbonyl (C=O) groups excluding carboxylic acids is 1. The first-order chi connectivity index (χ1) is 9.72. The molecule has 2 aliphatic heterocycles. The number of aromatic nitrogens is 1. The molecule has 0 saturated carbocycles. The summed E-state index contributed by atoms with van der Waals surface area (Å²) < 4.78 is 2.34. The summed E-state index contributed by atoms with van der Waals surface area (Å²) in [5, 5.41) is 1.35. The lowest BCUT2D eigenvalue weighted by Crippen LogP contribution is -2.45. The van der Waals surface area contributed by atoms with Crippen LogP contribution in [0.4, 0.5) is 0 Å². The van der Waals surface area contributed by atoms with Crippen molar-refractivity contribution in [1.29, 1.82) is 0 Å². The normalized spacial score (nSPS) is 25.4. The molecule has 1 aromatic heterocycles. The molecule has 1 aromatic carbocycles. The molecule has 2 atom stereocenters. The second-order valence-corrected chi connectivity index (χ2v) is 5.90. The molecule has 0 spiro atoms. The smallest absolute Gasteiger partial charge is 0.147 e. The van der Waals surface area contributed by atoms with Gasteiger partial charge >= 0.3 is 0 Å². The average molecular weight is 266 g/mol. The number of nitrogens with zero attached hydrogens (tertiary/aromatic N) is 2. The minimum absolute atomic E-state index is 0.240. The van der Waals surface area contributed by atoms with Crippen LogP contribution in [-0.2, 0) is 18.3 Å². The second kappa shape index (κ2) is 4.06. The molecule has 0 aliphatic carbocycles. The van der Waals surface area contributed by atoms with E-state index >= 15 is 0 Å². The van der Waals surface area contributed by atoms with Crippen molar-refractivity contribution in [2.75, 3.05) is 7.05 Å². The fourth-order valence-corrected chi connectivity index (χ4v) is 4.02. The van der Waals surface area contributed by atoms with E-state index in [1.54, 1.807) is 0 Å². The average Bonchev–Trinajstić information content (AvgIpc) is 2.73. The molecule has 0 saturated heterocycles. The van der Waals surface area contributed by atoms with Crippen LogP contribution < -0.4 is 0 Å². The lowest BCUT2D eigenvalue weighted by molar-refractivity contribution is -0.105. The first-order valence-electron chi connectivity index (χ1n) is 7.15. The standard InChI is InChI=1S/C17H18N2O/c1-18-15-8-7-11(10-20)16(18)9-13-12-5-3-4-6-14(12)19(2)17(13)15/h3-7,10,15-16H,8-9H2,1-2H3/t15-,16-/m0/s1. The second-order valence-electron chi connectivity index (χ2n) is 5.90. The van der Waals surface area contributed by atoms with Gasteiger partial charge in [-0.05, 0) is 31.5 Å². The number of carbonyl (C=O) groups is 1. The summed E-state index contributed by atoms with van der Waals surface area (Å²) in [5.41, 5.74) is 5.10. The largest absolute Gasteiger partial charge is 0.346 e. The van der Waals surface area contributed by atoms with Crippen LogP contribution in [0.5, 0.6) is 0 Å². The zero-order valence-electron chi connectivity index (χ0n) is 11.8. The van der Waals surface area contributed by atoms with E-state index < -0.39 is 0 Å². The summed E-state index contributed by atoms with van der Waals surface area (Å²) in [6.45, 7) is 0. The minimum Gasteiger partial charge on any atom is -0.346 e. The van der Waals surface area contributed by atoms with Gasteiger partial charge in [-0.3, -0.25) is 9.69 Å². The molecular formula is C17H18N2O. The predicted octanol–water partition coefficient (Wildman–Crippen LogP) is 2.60. The molecule has 0 unspecified atom stereocenters. The number of hydrogen-bond acceptors (Lipinski definition) is 2. The molecule has 20 heavy (non-hydrogen) atoms. The van der Waals surface area contributed by atoms with Crippen LogP contribution in [0.15, 0.2) is 35.9 Å². The van der Waals surface area contributed by atoms with E-state index in [2.05, 4.69) is 53.9 Å². The van der Waals surface area contributed by atoms with Crippen molar-refractivity contribution >= 4 is 17.2 Å². The third kappa shape index (κ3) is 1.36. The highest BCUT2D eigenvalue weighted by atomic mass is 16.1. The maximum Gasteiger partial charge on any atom is 0.147 e. The zero-order valence-corrected chi connectivity index (χ0v) is 11.8. The summed E-state index contributed by atoms with van der Waals surface area (Å²) in [6, 6.07) is 9.23. The third-order valence-corrected chi connectivity index (χ3v) is 5.06. The van der Waals surface area contributed by atoms with Gasteiger partial charge in [-0.2, -0.15) is 0 Å². The summed E-state index contributed by atoms with van der Waals surface area (Å²) in [6.07, 6.45) is 5.03. The van der Waals surface area contributed by atoms with Crippen molar-refractivity contribution in [3.8, 4) is 0 Å². The molecule has 2 bridgehead atoms. The van der Waals surface area contributed by atoms with Crippen molar-refractivity contribution in [2.24, 2.45) is 7.05 Å². The monoisotopic (exact) mass is 266 g/mol. The Morgan fingerprint density at radius 1 is 1.20 bits per heavy atom. The van der Waals surface area contributed by atoms with Gasteiger partial charge in [-0.1, -0.05) is 24.3 Å². The van der Waals surface area contributed by atoms with Gasteiger partial charge in [0.15, 0.2) is 0 Å². The summed E-state index contributed by atoms with van der Waals surface area (Å²) in [5.74, 6) is 0. The highest BCUT2D eigenvalue weighted by molar-refractivity contribution is 5.87. The molecule has 2 aliphatic rings. The maximum atomic E-state index is 11.3. The Hall–Kier alpha value is -1.87. The molecule has 0 radical (unpaired) electrons. The quantitative estimate of drug-likeness (QED) is 0.741. The van der Waals surface area contributed by atoms with E-state index in [1.165, 1.54) is 22.2 Å². The lowest BCUT2D eigenvalue weighted by Gasteiger charge is -2.43. The number of hydrogen-bond donors (Lipinski definition) is 0. The fraction of sp³-hybridized carbons (Fsp3) is 0.353. The highest BCUT2D eigenvalue weighted by Gasteiger charge is 2.39. The molecule has 0 fully saturated rings. The molecule has 4 rings (SSSR count). The van der Waals surface area contributed by atoms with Crippen LogP contribution in [0.2, 0.25) is 0 Å². The van der Waals surface area contributed by atoms with Gasteiger partial charge in [-0.25, -0.2) is 0 Å². The lowest BCUT2D eigenvalue weighted by atomic mass is 9.83. The Labute approximate surface area is 118 Å². The zero-order chi connectivity index (χ0) is 13.9. The Kier molecular flexibility index (Phi) is 2.42. The third-order valence-electron chi connectivity index (χ3n) is 5.06. The number of aldehydes is 1. The number of likely N-dealkylation sites (N-methyl/N-ethyl adjacent to an activating group) is 1. The number of rotatable bonds is 1. The van der Waals surface area contributed by atoms with Crippen LogP contribution in [0.1, 0.15) is 23.7 Å². The number of benzene rings is 1. The van der Waals surface area contributed by atoms with Crippen molar-refractivity contribution in [2.45, 2.75) is 24.9 Å². The Morgan fingerprint density at radius 2 is 2.00 bits per heavy atom. The molecule has 0 N–H and O–H groups in total. The highest BCUT2D eigenvalue weighted by Crippen LogP contribution is 2.43.